The van der Waals surface area contributed by atoms with Gasteiger partial charge in [-0.3, -0.25) is 4.79 Å². The van der Waals surface area contributed by atoms with Gasteiger partial charge < -0.3 is 9.47 Å². The quantitative estimate of drug-likeness (QED) is 0.647. The molecule has 0 aliphatic carbocycles. The standard InChI is InChI=1S/C22H15FO4/c23-16-11-12-17-18(13-16)20(24)26-22(17)27-21(25)19(14-7-3-1-4-8-14)15-9-5-2-6-10-15/h1-13,19,22H/t22-/m1/s1. The van der Waals surface area contributed by atoms with Gasteiger partial charge in [0.2, 0.25) is 0 Å². The predicted molar refractivity (Wildman–Crippen MR) is 95.4 cm³/mol. The number of ether oxygens (including phenoxy) is 2. The van der Waals surface area contributed by atoms with Crippen LogP contribution in [0, 0.1) is 5.82 Å². The molecule has 0 unspecified atom stereocenters. The summed E-state index contributed by atoms with van der Waals surface area (Å²) in [5.41, 5.74) is 1.94. The minimum atomic E-state index is -1.18. The van der Waals surface area contributed by atoms with Gasteiger partial charge in [0.1, 0.15) is 11.7 Å². The molecule has 0 amide bonds. The molecule has 1 heterocycles. The molecule has 0 N–H and O–H groups in total. The summed E-state index contributed by atoms with van der Waals surface area (Å²) in [6.07, 6.45) is -1.18. The Morgan fingerprint density at radius 2 is 1.52 bits per heavy atom. The molecule has 1 atom stereocenters. The van der Waals surface area contributed by atoms with Gasteiger partial charge in [-0.05, 0) is 29.3 Å². The second kappa shape index (κ2) is 7.03. The number of esters is 2. The smallest absolute Gasteiger partial charge is 0.342 e. The first-order valence-electron chi connectivity index (χ1n) is 8.44. The number of fused-ring (bicyclic) bond motifs is 1. The van der Waals surface area contributed by atoms with Crippen molar-refractivity contribution in [3.8, 4) is 0 Å². The van der Waals surface area contributed by atoms with Crippen molar-refractivity contribution < 1.29 is 23.5 Å². The third-order valence-corrected chi connectivity index (χ3v) is 4.43. The highest BCUT2D eigenvalue weighted by Gasteiger charge is 2.36. The van der Waals surface area contributed by atoms with Gasteiger partial charge in [0.25, 0.3) is 6.29 Å². The summed E-state index contributed by atoms with van der Waals surface area (Å²) in [5.74, 6) is -2.49. The van der Waals surface area contributed by atoms with Crippen LogP contribution >= 0.6 is 0 Å². The third kappa shape index (κ3) is 3.31. The summed E-state index contributed by atoms with van der Waals surface area (Å²) in [4.78, 5) is 24.9. The summed E-state index contributed by atoms with van der Waals surface area (Å²) < 4.78 is 24.0. The number of rotatable bonds is 4. The SMILES string of the molecule is O=C1O[C@H](OC(=O)C(c2ccccc2)c2ccccc2)c2ccc(F)cc21. The van der Waals surface area contributed by atoms with Gasteiger partial charge in [0.05, 0.1) is 5.56 Å². The van der Waals surface area contributed by atoms with E-state index in [2.05, 4.69) is 0 Å². The van der Waals surface area contributed by atoms with Crippen LogP contribution in [0.3, 0.4) is 0 Å². The fourth-order valence-electron chi connectivity index (χ4n) is 3.15. The Hall–Kier alpha value is -3.47. The lowest BCUT2D eigenvalue weighted by molar-refractivity contribution is -0.168. The topological polar surface area (TPSA) is 52.6 Å². The third-order valence-electron chi connectivity index (χ3n) is 4.43. The molecule has 1 aliphatic heterocycles. The maximum Gasteiger partial charge on any atom is 0.342 e. The van der Waals surface area contributed by atoms with Gasteiger partial charge in [-0.2, -0.15) is 0 Å². The number of carbonyl (C=O) groups is 2. The number of cyclic esters (lactones) is 1. The number of hydrogen-bond donors (Lipinski definition) is 0. The zero-order chi connectivity index (χ0) is 18.8. The van der Waals surface area contributed by atoms with E-state index in [0.29, 0.717) is 5.56 Å². The van der Waals surface area contributed by atoms with Crippen molar-refractivity contribution in [2.24, 2.45) is 0 Å². The Kier molecular flexibility index (Phi) is 4.42. The Labute approximate surface area is 155 Å². The van der Waals surface area contributed by atoms with E-state index in [0.717, 1.165) is 17.2 Å². The van der Waals surface area contributed by atoms with E-state index in [9.17, 15) is 14.0 Å². The molecule has 0 bridgehead atoms. The average Bonchev–Trinajstić information content (AvgIpc) is 2.98. The zero-order valence-corrected chi connectivity index (χ0v) is 14.2. The Balaban J connectivity index is 1.65. The lowest BCUT2D eigenvalue weighted by Gasteiger charge is -2.19. The number of hydrogen-bond acceptors (Lipinski definition) is 4. The molecule has 5 heteroatoms. The molecule has 0 saturated heterocycles. The molecule has 0 radical (unpaired) electrons. The van der Waals surface area contributed by atoms with E-state index in [1.54, 1.807) is 0 Å². The molecule has 0 fully saturated rings. The van der Waals surface area contributed by atoms with E-state index in [4.69, 9.17) is 9.47 Å². The van der Waals surface area contributed by atoms with Gasteiger partial charge in [0.15, 0.2) is 0 Å². The summed E-state index contributed by atoms with van der Waals surface area (Å²) >= 11 is 0. The number of carbonyl (C=O) groups excluding carboxylic acids is 2. The second-order valence-corrected chi connectivity index (χ2v) is 6.16. The van der Waals surface area contributed by atoms with Crippen molar-refractivity contribution >= 4 is 11.9 Å². The number of halogens is 1. The van der Waals surface area contributed by atoms with Crippen LogP contribution < -0.4 is 0 Å². The Morgan fingerprint density at radius 3 is 2.11 bits per heavy atom. The molecule has 27 heavy (non-hydrogen) atoms. The first-order chi connectivity index (χ1) is 13.1. The van der Waals surface area contributed by atoms with Gasteiger partial charge in [-0.1, -0.05) is 60.7 Å². The van der Waals surface area contributed by atoms with E-state index in [1.165, 1.54) is 12.1 Å². The highest BCUT2D eigenvalue weighted by molar-refractivity contribution is 5.94. The van der Waals surface area contributed by atoms with Gasteiger partial charge in [-0.25, -0.2) is 9.18 Å². The lowest BCUT2D eigenvalue weighted by atomic mass is 9.91. The highest BCUT2D eigenvalue weighted by atomic mass is 19.1. The Bertz CT molecular complexity index is 946. The second-order valence-electron chi connectivity index (χ2n) is 6.16. The van der Waals surface area contributed by atoms with Crippen molar-refractivity contribution in [2.45, 2.75) is 12.2 Å². The summed E-state index contributed by atoms with van der Waals surface area (Å²) in [6.45, 7) is 0. The fourth-order valence-corrected chi connectivity index (χ4v) is 3.15. The van der Waals surface area contributed by atoms with Gasteiger partial charge in [-0.15, -0.1) is 0 Å². The number of benzene rings is 3. The van der Waals surface area contributed by atoms with E-state index in [-0.39, 0.29) is 5.56 Å². The van der Waals surface area contributed by atoms with Crippen LogP contribution in [0.4, 0.5) is 4.39 Å². The fraction of sp³-hybridized carbons (Fsp3) is 0.0909. The maximum absolute atomic E-state index is 13.4. The molecule has 0 saturated carbocycles. The van der Waals surface area contributed by atoms with Crippen molar-refractivity contribution in [1.29, 1.82) is 0 Å². The van der Waals surface area contributed by atoms with Crippen molar-refractivity contribution in [3.05, 3.63) is 107 Å². The van der Waals surface area contributed by atoms with Crippen LogP contribution in [0.25, 0.3) is 0 Å². The van der Waals surface area contributed by atoms with Crippen LogP contribution in [0.1, 0.15) is 39.3 Å². The monoisotopic (exact) mass is 362 g/mol. The predicted octanol–water partition coefficient (Wildman–Crippen LogP) is 4.37. The van der Waals surface area contributed by atoms with E-state index >= 15 is 0 Å². The summed E-state index contributed by atoms with van der Waals surface area (Å²) in [5, 5.41) is 0. The summed E-state index contributed by atoms with van der Waals surface area (Å²) in [6, 6.07) is 22.1. The first kappa shape index (κ1) is 17.0. The first-order valence-corrected chi connectivity index (χ1v) is 8.44. The van der Waals surface area contributed by atoms with Crippen molar-refractivity contribution in [3.63, 3.8) is 0 Å². The molecule has 4 nitrogen and oxygen atoms in total. The molecule has 1 aliphatic rings. The lowest BCUT2D eigenvalue weighted by Crippen LogP contribution is -2.20. The molecular weight excluding hydrogens is 347 g/mol. The Morgan fingerprint density at radius 1 is 0.926 bits per heavy atom. The zero-order valence-electron chi connectivity index (χ0n) is 14.2. The van der Waals surface area contributed by atoms with Crippen LogP contribution in [0.15, 0.2) is 78.9 Å². The normalized spacial score (nSPS) is 15.3. The van der Waals surface area contributed by atoms with Crippen LogP contribution in [0.5, 0.6) is 0 Å². The van der Waals surface area contributed by atoms with Crippen molar-refractivity contribution in [1.82, 2.24) is 0 Å². The van der Waals surface area contributed by atoms with Gasteiger partial charge >= 0.3 is 11.9 Å². The molecule has 3 aromatic carbocycles. The minimum Gasteiger partial charge on any atom is -0.420 e. The molecule has 3 aromatic rings. The molecule has 0 spiro atoms. The van der Waals surface area contributed by atoms with E-state index in [1.807, 2.05) is 60.7 Å². The van der Waals surface area contributed by atoms with Crippen LogP contribution in [-0.2, 0) is 14.3 Å². The molecule has 4 rings (SSSR count). The highest BCUT2D eigenvalue weighted by Crippen LogP contribution is 2.35. The maximum atomic E-state index is 13.4. The van der Waals surface area contributed by atoms with E-state index < -0.39 is 30.0 Å². The molecule has 0 aromatic heterocycles. The average molecular weight is 362 g/mol. The van der Waals surface area contributed by atoms with Gasteiger partial charge in [0, 0.05) is 5.56 Å². The summed E-state index contributed by atoms with van der Waals surface area (Å²) in [7, 11) is 0. The minimum absolute atomic E-state index is 0.0729. The van der Waals surface area contributed by atoms with Crippen molar-refractivity contribution in [2.75, 3.05) is 0 Å². The van der Waals surface area contributed by atoms with Crippen LogP contribution in [0.2, 0.25) is 0 Å². The van der Waals surface area contributed by atoms with Crippen LogP contribution in [-0.4, -0.2) is 11.9 Å². The molecular formula is C22H15FO4. The largest absolute Gasteiger partial charge is 0.420 e. The molecule has 134 valence electrons.